The van der Waals surface area contributed by atoms with Gasteiger partial charge in [0.15, 0.2) is 11.5 Å². The number of fused-ring (bicyclic) bond motifs is 2. The largest absolute Gasteiger partial charge is 0.507 e. The molecule has 2 aromatic heterocycles. The van der Waals surface area contributed by atoms with E-state index in [4.69, 9.17) is 4.42 Å². The standard InChI is InChI=1S/C24H24N2O3/c27-21-10-9-18-23(28)22(13-16-14-25-20-8-4-3-7-17(16)20)29-24(18)19(21)15-26-11-5-1-2-6-12-26/h1-4,7-10,14,25,27-28H,5-6,11-13,15H2. The number of rotatable bonds is 4. The molecule has 0 unspecified atom stereocenters. The summed E-state index contributed by atoms with van der Waals surface area (Å²) >= 11 is 0. The number of nitrogens with one attached hydrogen (secondary N) is 1. The molecule has 0 bridgehead atoms. The van der Waals surface area contributed by atoms with E-state index in [-0.39, 0.29) is 11.5 Å². The third kappa shape index (κ3) is 3.28. The lowest BCUT2D eigenvalue weighted by molar-refractivity contribution is 0.276. The maximum atomic E-state index is 10.8. The molecule has 0 fully saturated rings. The fraction of sp³-hybridized carbons (Fsp3) is 0.250. The zero-order valence-corrected chi connectivity index (χ0v) is 16.2. The van der Waals surface area contributed by atoms with Crippen LogP contribution in [-0.4, -0.2) is 33.2 Å². The van der Waals surface area contributed by atoms with Gasteiger partial charge >= 0.3 is 0 Å². The maximum Gasteiger partial charge on any atom is 0.165 e. The predicted molar refractivity (Wildman–Crippen MR) is 114 cm³/mol. The monoisotopic (exact) mass is 388 g/mol. The van der Waals surface area contributed by atoms with E-state index in [1.165, 1.54) is 0 Å². The molecule has 5 heteroatoms. The van der Waals surface area contributed by atoms with Gasteiger partial charge in [-0.25, -0.2) is 0 Å². The summed E-state index contributed by atoms with van der Waals surface area (Å²) in [6.07, 6.45) is 8.87. The van der Waals surface area contributed by atoms with E-state index < -0.39 is 0 Å². The smallest absolute Gasteiger partial charge is 0.165 e. The van der Waals surface area contributed by atoms with Crippen LogP contribution in [0.4, 0.5) is 0 Å². The zero-order chi connectivity index (χ0) is 19.8. The molecule has 4 aromatic rings. The van der Waals surface area contributed by atoms with Crippen LogP contribution in [0.2, 0.25) is 0 Å². The summed E-state index contributed by atoms with van der Waals surface area (Å²) < 4.78 is 6.14. The SMILES string of the molecule is Oc1ccc2c(O)c(Cc3c[nH]c4ccccc34)oc2c1CN1CCC=CCC1. The van der Waals surface area contributed by atoms with Crippen LogP contribution in [0.1, 0.15) is 29.7 Å². The second-order valence-electron chi connectivity index (χ2n) is 7.67. The number of hydrogen-bond donors (Lipinski definition) is 3. The predicted octanol–water partition coefficient (Wildman–Crippen LogP) is 5.07. The van der Waals surface area contributed by atoms with E-state index >= 15 is 0 Å². The summed E-state index contributed by atoms with van der Waals surface area (Å²) in [7, 11) is 0. The molecule has 3 N–H and O–H groups in total. The Balaban J connectivity index is 1.52. The fourth-order valence-corrected chi connectivity index (χ4v) is 4.21. The van der Waals surface area contributed by atoms with Gasteiger partial charge in [-0.05, 0) is 36.6 Å². The molecule has 0 spiro atoms. The summed E-state index contributed by atoms with van der Waals surface area (Å²) in [4.78, 5) is 5.58. The number of para-hydroxylation sites is 1. The lowest BCUT2D eigenvalue weighted by Gasteiger charge is -2.20. The van der Waals surface area contributed by atoms with Gasteiger partial charge in [-0.3, -0.25) is 4.90 Å². The second-order valence-corrected chi connectivity index (χ2v) is 7.67. The minimum atomic E-state index is 0.157. The second kappa shape index (κ2) is 7.33. The Kier molecular flexibility index (Phi) is 4.52. The highest BCUT2D eigenvalue weighted by Gasteiger charge is 2.21. The van der Waals surface area contributed by atoms with Crippen LogP contribution in [0.5, 0.6) is 11.5 Å². The molecule has 5 rings (SSSR count). The number of phenols is 1. The van der Waals surface area contributed by atoms with E-state index in [0.717, 1.165) is 48.0 Å². The van der Waals surface area contributed by atoms with Crippen molar-refractivity contribution in [2.75, 3.05) is 13.1 Å². The number of nitrogens with zero attached hydrogens (tertiary/aromatic N) is 1. The van der Waals surface area contributed by atoms with Crippen molar-refractivity contribution in [1.82, 2.24) is 9.88 Å². The number of hydrogen-bond acceptors (Lipinski definition) is 4. The molecule has 0 amide bonds. The lowest BCUT2D eigenvalue weighted by Crippen LogP contribution is -2.24. The van der Waals surface area contributed by atoms with Gasteiger partial charge in [0.2, 0.25) is 0 Å². The number of aromatic amines is 1. The van der Waals surface area contributed by atoms with Crippen molar-refractivity contribution in [3.05, 3.63) is 71.6 Å². The average Bonchev–Trinajstić information content (AvgIpc) is 3.15. The molecule has 0 saturated heterocycles. The first-order valence-electron chi connectivity index (χ1n) is 10.1. The van der Waals surface area contributed by atoms with Crippen molar-refractivity contribution in [2.45, 2.75) is 25.8 Å². The van der Waals surface area contributed by atoms with Crippen molar-refractivity contribution in [2.24, 2.45) is 0 Å². The third-order valence-corrected chi connectivity index (χ3v) is 5.78. The van der Waals surface area contributed by atoms with E-state index in [9.17, 15) is 10.2 Å². The summed E-state index contributed by atoms with van der Waals surface area (Å²) in [6, 6.07) is 11.5. The molecule has 2 aromatic carbocycles. The van der Waals surface area contributed by atoms with Crippen molar-refractivity contribution in [3.63, 3.8) is 0 Å². The maximum absolute atomic E-state index is 10.8. The molecule has 0 saturated carbocycles. The normalized spacial score (nSPS) is 15.3. The third-order valence-electron chi connectivity index (χ3n) is 5.78. The van der Waals surface area contributed by atoms with Gasteiger partial charge in [0.25, 0.3) is 0 Å². The van der Waals surface area contributed by atoms with E-state index in [0.29, 0.717) is 29.7 Å². The van der Waals surface area contributed by atoms with Crippen molar-refractivity contribution >= 4 is 21.9 Å². The molecule has 29 heavy (non-hydrogen) atoms. The molecule has 148 valence electrons. The van der Waals surface area contributed by atoms with Crippen LogP contribution < -0.4 is 0 Å². The Hall–Kier alpha value is -3.18. The molecule has 1 aliphatic heterocycles. The molecule has 0 radical (unpaired) electrons. The Labute approximate surface area is 168 Å². The van der Waals surface area contributed by atoms with Gasteiger partial charge in [-0.2, -0.15) is 0 Å². The van der Waals surface area contributed by atoms with Gasteiger partial charge in [-0.1, -0.05) is 30.4 Å². The average molecular weight is 388 g/mol. The quantitative estimate of drug-likeness (QED) is 0.427. The van der Waals surface area contributed by atoms with Gasteiger partial charge in [0.05, 0.1) is 10.9 Å². The first-order chi connectivity index (χ1) is 14.2. The van der Waals surface area contributed by atoms with Gasteiger partial charge in [0, 0.05) is 43.2 Å². The molecule has 5 nitrogen and oxygen atoms in total. The molecular formula is C24H24N2O3. The van der Waals surface area contributed by atoms with Gasteiger partial charge in [0.1, 0.15) is 11.3 Å². The Morgan fingerprint density at radius 1 is 0.966 bits per heavy atom. The first-order valence-corrected chi connectivity index (χ1v) is 10.1. The van der Waals surface area contributed by atoms with Crippen molar-refractivity contribution in [1.29, 1.82) is 0 Å². The van der Waals surface area contributed by atoms with Gasteiger partial charge in [-0.15, -0.1) is 0 Å². The number of aromatic hydroxyl groups is 2. The van der Waals surface area contributed by atoms with Crippen LogP contribution in [0.3, 0.4) is 0 Å². The Bertz CT molecular complexity index is 1190. The molecule has 0 aliphatic carbocycles. The zero-order valence-electron chi connectivity index (χ0n) is 16.2. The molecular weight excluding hydrogens is 364 g/mol. The minimum Gasteiger partial charge on any atom is -0.507 e. The van der Waals surface area contributed by atoms with E-state index in [1.807, 2.05) is 24.4 Å². The number of aromatic nitrogens is 1. The van der Waals surface area contributed by atoms with Crippen LogP contribution in [0.25, 0.3) is 21.9 Å². The summed E-state index contributed by atoms with van der Waals surface area (Å²) in [5.74, 6) is 0.889. The highest BCUT2D eigenvalue weighted by atomic mass is 16.4. The summed E-state index contributed by atoms with van der Waals surface area (Å²) in [5.41, 5.74) is 3.45. The minimum absolute atomic E-state index is 0.157. The lowest BCUT2D eigenvalue weighted by atomic mass is 10.1. The van der Waals surface area contributed by atoms with E-state index in [2.05, 4.69) is 28.1 Å². The topological polar surface area (TPSA) is 72.6 Å². The number of benzene rings is 2. The highest BCUT2D eigenvalue weighted by Crippen LogP contribution is 2.39. The number of furan rings is 1. The van der Waals surface area contributed by atoms with E-state index in [1.54, 1.807) is 12.1 Å². The summed E-state index contributed by atoms with van der Waals surface area (Å²) in [6.45, 7) is 2.49. The van der Waals surface area contributed by atoms with Crippen molar-refractivity contribution in [3.8, 4) is 11.5 Å². The molecule has 1 aliphatic rings. The fourth-order valence-electron chi connectivity index (χ4n) is 4.21. The van der Waals surface area contributed by atoms with Crippen LogP contribution in [-0.2, 0) is 13.0 Å². The van der Waals surface area contributed by atoms with Crippen LogP contribution in [0, 0.1) is 0 Å². The Morgan fingerprint density at radius 2 is 1.76 bits per heavy atom. The Morgan fingerprint density at radius 3 is 2.59 bits per heavy atom. The highest BCUT2D eigenvalue weighted by molar-refractivity contribution is 5.90. The number of phenolic OH excluding ortho intramolecular Hbond substituents is 1. The summed E-state index contributed by atoms with van der Waals surface area (Å²) in [5, 5.41) is 23.1. The van der Waals surface area contributed by atoms with Crippen LogP contribution >= 0.6 is 0 Å². The van der Waals surface area contributed by atoms with Crippen LogP contribution in [0.15, 0.2) is 59.2 Å². The molecule has 0 atom stereocenters. The molecule has 3 heterocycles. The number of H-pyrrole nitrogens is 1. The first kappa shape index (κ1) is 17.9. The van der Waals surface area contributed by atoms with Gasteiger partial charge < -0.3 is 19.6 Å². The van der Waals surface area contributed by atoms with Crippen molar-refractivity contribution < 1.29 is 14.6 Å².